The monoisotopic (exact) mass is 364 g/mol. The second kappa shape index (κ2) is 6.57. The summed E-state index contributed by atoms with van der Waals surface area (Å²) < 4.78 is 5.72. The number of nitrogens with zero attached hydrogens (tertiary/aromatic N) is 1. The number of rotatable bonds is 4. The maximum atomic E-state index is 12.2. The van der Waals surface area contributed by atoms with Gasteiger partial charge in [0.25, 0.3) is 11.6 Å². The van der Waals surface area contributed by atoms with Gasteiger partial charge in [-0.05, 0) is 52.7 Å². The predicted molar refractivity (Wildman–Crippen MR) is 86.5 cm³/mol. The molecule has 2 aromatic carbocycles. The molecule has 6 nitrogen and oxygen atoms in total. The number of nitro benzene ring substituents is 1. The highest BCUT2D eigenvalue weighted by Gasteiger charge is 2.17. The number of ether oxygens (including phenoxy) is 1. The zero-order valence-electron chi connectivity index (χ0n) is 11.9. The summed E-state index contributed by atoms with van der Waals surface area (Å²) >= 11 is 3.30. The molecule has 0 fully saturated rings. The minimum absolute atomic E-state index is 0.138. The Hall–Kier alpha value is -2.41. The second-order valence-corrected chi connectivity index (χ2v) is 5.44. The van der Waals surface area contributed by atoms with Gasteiger partial charge in [-0.1, -0.05) is 6.07 Å². The van der Waals surface area contributed by atoms with Crippen LogP contribution in [0.4, 0.5) is 11.4 Å². The van der Waals surface area contributed by atoms with Gasteiger partial charge in [0.15, 0.2) is 0 Å². The molecule has 7 heteroatoms. The lowest BCUT2D eigenvalue weighted by Gasteiger charge is -2.08. The molecule has 0 heterocycles. The number of halogens is 1. The van der Waals surface area contributed by atoms with Crippen LogP contribution < -0.4 is 10.1 Å². The molecule has 1 amide bonds. The maximum Gasteiger partial charge on any atom is 0.293 e. The fraction of sp³-hybridized carbons (Fsp3) is 0.133. The van der Waals surface area contributed by atoms with Crippen molar-refractivity contribution in [2.75, 3.05) is 12.4 Å². The number of hydrogen-bond acceptors (Lipinski definition) is 4. The standard InChI is InChI=1S/C15H13BrN2O4/c1-9-3-5-12(13(7-9)18(20)21)17-15(19)10-4-6-14(22-2)11(16)8-10/h3-8H,1-2H3,(H,17,19). The van der Waals surface area contributed by atoms with Crippen LogP contribution in [0.1, 0.15) is 15.9 Å². The lowest BCUT2D eigenvalue weighted by atomic mass is 10.1. The minimum atomic E-state index is -0.521. The molecule has 0 aliphatic heterocycles. The van der Waals surface area contributed by atoms with E-state index in [4.69, 9.17) is 4.74 Å². The first-order chi connectivity index (χ1) is 10.4. The number of nitrogens with one attached hydrogen (secondary N) is 1. The number of carbonyl (C=O) groups excluding carboxylic acids is 1. The molecule has 0 aromatic heterocycles. The van der Waals surface area contributed by atoms with Gasteiger partial charge in [0.1, 0.15) is 11.4 Å². The van der Waals surface area contributed by atoms with Gasteiger partial charge >= 0.3 is 0 Å². The molecular formula is C15H13BrN2O4. The van der Waals surface area contributed by atoms with Gasteiger partial charge in [0.2, 0.25) is 0 Å². The molecule has 0 saturated carbocycles. The summed E-state index contributed by atoms with van der Waals surface area (Å²) in [6, 6.07) is 9.45. The van der Waals surface area contributed by atoms with Crippen molar-refractivity contribution in [2.24, 2.45) is 0 Å². The third kappa shape index (κ3) is 3.43. The van der Waals surface area contributed by atoms with E-state index in [1.165, 1.54) is 19.2 Å². The Balaban J connectivity index is 2.29. The van der Waals surface area contributed by atoms with Crippen LogP contribution >= 0.6 is 15.9 Å². The van der Waals surface area contributed by atoms with Crippen molar-refractivity contribution < 1.29 is 14.5 Å². The first-order valence-electron chi connectivity index (χ1n) is 6.32. The number of amides is 1. The third-order valence-corrected chi connectivity index (χ3v) is 3.63. The molecule has 0 radical (unpaired) electrons. The maximum absolute atomic E-state index is 12.2. The molecule has 2 aromatic rings. The first kappa shape index (κ1) is 16.0. The van der Waals surface area contributed by atoms with E-state index in [0.717, 1.165) is 5.56 Å². The zero-order valence-corrected chi connectivity index (χ0v) is 13.5. The number of hydrogen-bond donors (Lipinski definition) is 1. The molecule has 0 atom stereocenters. The quantitative estimate of drug-likeness (QED) is 0.658. The summed E-state index contributed by atoms with van der Waals surface area (Å²) in [5.74, 6) is 0.160. The number of carbonyl (C=O) groups is 1. The minimum Gasteiger partial charge on any atom is -0.496 e. The third-order valence-electron chi connectivity index (χ3n) is 3.01. The first-order valence-corrected chi connectivity index (χ1v) is 7.11. The van der Waals surface area contributed by atoms with Crippen LogP contribution in [-0.4, -0.2) is 17.9 Å². The molecule has 0 bridgehead atoms. The number of benzene rings is 2. The average Bonchev–Trinajstić information content (AvgIpc) is 2.48. The van der Waals surface area contributed by atoms with E-state index in [2.05, 4.69) is 21.2 Å². The van der Waals surface area contributed by atoms with Gasteiger partial charge in [-0.15, -0.1) is 0 Å². The summed E-state index contributed by atoms with van der Waals surface area (Å²) in [6.45, 7) is 1.75. The molecule has 0 aliphatic carbocycles. The van der Waals surface area contributed by atoms with Crippen LogP contribution in [0.2, 0.25) is 0 Å². The van der Waals surface area contributed by atoms with Crippen LogP contribution in [0, 0.1) is 17.0 Å². The Morgan fingerprint density at radius 2 is 2.00 bits per heavy atom. The van der Waals surface area contributed by atoms with Crippen molar-refractivity contribution in [1.82, 2.24) is 0 Å². The van der Waals surface area contributed by atoms with Gasteiger partial charge in [0, 0.05) is 11.6 Å². The molecule has 2 rings (SSSR count). The Morgan fingerprint density at radius 1 is 1.27 bits per heavy atom. The Morgan fingerprint density at radius 3 is 2.59 bits per heavy atom. The Labute approximate surface area is 135 Å². The smallest absolute Gasteiger partial charge is 0.293 e. The van der Waals surface area contributed by atoms with Crippen LogP contribution in [-0.2, 0) is 0 Å². The van der Waals surface area contributed by atoms with Crippen molar-refractivity contribution in [2.45, 2.75) is 6.92 Å². The van der Waals surface area contributed by atoms with E-state index in [-0.39, 0.29) is 11.4 Å². The SMILES string of the molecule is COc1ccc(C(=O)Nc2ccc(C)cc2[N+](=O)[O-])cc1Br. The number of nitro groups is 1. The summed E-state index contributed by atoms with van der Waals surface area (Å²) in [5, 5.41) is 13.6. The highest BCUT2D eigenvalue weighted by atomic mass is 79.9. The lowest BCUT2D eigenvalue weighted by molar-refractivity contribution is -0.384. The van der Waals surface area contributed by atoms with E-state index in [0.29, 0.717) is 15.8 Å². The predicted octanol–water partition coefficient (Wildman–Crippen LogP) is 3.93. The van der Waals surface area contributed by atoms with E-state index < -0.39 is 10.8 Å². The van der Waals surface area contributed by atoms with E-state index in [1.54, 1.807) is 31.2 Å². The summed E-state index contributed by atoms with van der Waals surface area (Å²) in [4.78, 5) is 22.8. The van der Waals surface area contributed by atoms with Crippen molar-refractivity contribution >= 4 is 33.2 Å². The topological polar surface area (TPSA) is 81.5 Å². The normalized spacial score (nSPS) is 10.1. The molecule has 1 N–H and O–H groups in total. The lowest BCUT2D eigenvalue weighted by Crippen LogP contribution is -2.13. The summed E-state index contributed by atoms with van der Waals surface area (Å²) in [5.41, 5.74) is 1.13. The van der Waals surface area contributed by atoms with Gasteiger partial charge < -0.3 is 10.1 Å². The van der Waals surface area contributed by atoms with Gasteiger partial charge in [-0.3, -0.25) is 14.9 Å². The number of methoxy groups -OCH3 is 1. The number of anilines is 1. The molecular weight excluding hydrogens is 352 g/mol. The molecule has 114 valence electrons. The van der Waals surface area contributed by atoms with E-state index >= 15 is 0 Å². The second-order valence-electron chi connectivity index (χ2n) is 4.58. The molecule has 0 spiro atoms. The zero-order chi connectivity index (χ0) is 16.3. The van der Waals surface area contributed by atoms with E-state index in [1.807, 2.05) is 0 Å². The van der Waals surface area contributed by atoms with Crippen molar-refractivity contribution in [3.05, 3.63) is 62.1 Å². The molecule has 0 unspecified atom stereocenters. The van der Waals surface area contributed by atoms with Crippen LogP contribution in [0.3, 0.4) is 0 Å². The van der Waals surface area contributed by atoms with Gasteiger partial charge in [0.05, 0.1) is 16.5 Å². The van der Waals surface area contributed by atoms with Crippen molar-refractivity contribution in [3.8, 4) is 5.75 Å². The number of aryl methyl sites for hydroxylation is 1. The van der Waals surface area contributed by atoms with Crippen molar-refractivity contribution in [3.63, 3.8) is 0 Å². The fourth-order valence-corrected chi connectivity index (χ4v) is 2.44. The Bertz CT molecular complexity index is 746. The molecule has 0 aliphatic rings. The largest absolute Gasteiger partial charge is 0.496 e. The van der Waals surface area contributed by atoms with Crippen LogP contribution in [0.5, 0.6) is 5.75 Å². The van der Waals surface area contributed by atoms with Crippen LogP contribution in [0.25, 0.3) is 0 Å². The Kier molecular flexibility index (Phi) is 4.77. The summed E-state index contributed by atoms with van der Waals surface area (Å²) in [7, 11) is 1.52. The summed E-state index contributed by atoms with van der Waals surface area (Å²) in [6.07, 6.45) is 0. The molecule has 0 saturated heterocycles. The van der Waals surface area contributed by atoms with Crippen LogP contribution in [0.15, 0.2) is 40.9 Å². The van der Waals surface area contributed by atoms with Gasteiger partial charge in [-0.25, -0.2) is 0 Å². The van der Waals surface area contributed by atoms with Crippen molar-refractivity contribution in [1.29, 1.82) is 0 Å². The van der Waals surface area contributed by atoms with Gasteiger partial charge in [-0.2, -0.15) is 0 Å². The average molecular weight is 365 g/mol. The highest BCUT2D eigenvalue weighted by Crippen LogP contribution is 2.28. The van der Waals surface area contributed by atoms with E-state index in [9.17, 15) is 14.9 Å². The fourth-order valence-electron chi connectivity index (χ4n) is 1.90. The highest BCUT2D eigenvalue weighted by molar-refractivity contribution is 9.10. The molecule has 22 heavy (non-hydrogen) atoms.